The van der Waals surface area contributed by atoms with Crippen molar-refractivity contribution in [1.82, 2.24) is 5.32 Å². The molecule has 0 aliphatic heterocycles. The second-order valence-electron chi connectivity index (χ2n) is 3.37. The molecule has 0 aliphatic carbocycles. The lowest BCUT2D eigenvalue weighted by atomic mass is 10.1. The van der Waals surface area contributed by atoms with E-state index in [1.165, 1.54) is 0 Å². The Morgan fingerprint density at radius 2 is 2.19 bits per heavy atom. The van der Waals surface area contributed by atoms with Crippen LogP contribution in [-0.2, 0) is 6.54 Å². The molecule has 1 aromatic carbocycles. The van der Waals surface area contributed by atoms with Crippen LogP contribution in [0.2, 0.25) is 0 Å². The Hall–Kier alpha value is -0.520. The molecule has 0 bridgehead atoms. The van der Waals surface area contributed by atoms with Gasteiger partial charge in [-0.1, -0.05) is 0 Å². The number of nitrogens with one attached hydrogen (secondary N) is 1. The van der Waals surface area contributed by atoms with E-state index in [2.05, 4.69) is 37.2 Å². The number of fused-ring (bicyclic) bond motifs is 1. The molecule has 16 heavy (non-hydrogen) atoms. The molecule has 2 rings (SSSR count). The molecule has 0 amide bonds. The van der Waals surface area contributed by atoms with Crippen LogP contribution in [0.15, 0.2) is 25.7 Å². The molecule has 0 unspecified atom stereocenters. The lowest BCUT2D eigenvalue weighted by molar-refractivity contribution is 0.412. The Labute approximate surface area is 110 Å². The Kier molecular flexibility index (Phi) is 3.56. The molecule has 1 heterocycles. The van der Waals surface area contributed by atoms with Gasteiger partial charge in [-0.3, -0.25) is 0 Å². The average Bonchev–Trinajstić information content (AvgIpc) is 2.68. The van der Waals surface area contributed by atoms with Crippen LogP contribution in [0, 0.1) is 0 Å². The van der Waals surface area contributed by atoms with Crippen molar-refractivity contribution in [2.45, 2.75) is 6.54 Å². The van der Waals surface area contributed by atoms with Gasteiger partial charge in [0.05, 0.1) is 22.3 Å². The lowest BCUT2D eigenvalue weighted by Crippen LogP contribution is -2.04. The van der Waals surface area contributed by atoms with Crippen LogP contribution >= 0.6 is 31.9 Å². The van der Waals surface area contributed by atoms with Crippen molar-refractivity contribution < 1.29 is 9.15 Å². The number of halogens is 2. The summed E-state index contributed by atoms with van der Waals surface area (Å²) in [4.78, 5) is 0. The number of furan rings is 1. The summed E-state index contributed by atoms with van der Waals surface area (Å²) in [6.45, 7) is 0.755. The third kappa shape index (κ3) is 1.87. The van der Waals surface area contributed by atoms with Gasteiger partial charge in [-0.25, -0.2) is 0 Å². The summed E-state index contributed by atoms with van der Waals surface area (Å²) in [7, 11) is 3.55. The van der Waals surface area contributed by atoms with E-state index in [9.17, 15) is 0 Å². The normalized spacial score (nSPS) is 11.0. The molecule has 5 heteroatoms. The third-order valence-corrected chi connectivity index (χ3v) is 3.74. The Bertz CT molecular complexity index is 522. The Morgan fingerprint density at radius 1 is 1.44 bits per heavy atom. The maximum Gasteiger partial charge on any atom is 0.149 e. The Morgan fingerprint density at radius 3 is 2.81 bits per heavy atom. The van der Waals surface area contributed by atoms with Gasteiger partial charge in [0, 0.05) is 17.5 Å². The number of benzene rings is 1. The van der Waals surface area contributed by atoms with Gasteiger partial charge in [0.2, 0.25) is 0 Å². The SMILES string of the molecule is CNCc1coc2c(Br)cc(OC)c(Br)c12. The van der Waals surface area contributed by atoms with Crippen molar-refractivity contribution in [2.75, 3.05) is 14.2 Å². The van der Waals surface area contributed by atoms with E-state index in [-0.39, 0.29) is 0 Å². The van der Waals surface area contributed by atoms with E-state index in [4.69, 9.17) is 9.15 Å². The van der Waals surface area contributed by atoms with E-state index >= 15 is 0 Å². The van der Waals surface area contributed by atoms with Gasteiger partial charge in [0.1, 0.15) is 11.3 Å². The molecule has 1 aromatic heterocycles. The van der Waals surface area contributed by atoms with Gasteiger partial charge >= 0.3 is 0 Å². The first-order chi connectivity index (χ1) is 7.69. The van der Waals surface area contributed by atoms with E-state index in [0.29, 0.717) is 0 Å². The van der Waals surface area contributed by atoms with Crippen molar-refractivity contribution in [3.05, 3.63) is 26.8 Å². The first kappa shape index (κ1) is 12.0. The molecule has 3 nitrogen and oxygen atoms in total. The molecule has 0 radical (unpaired) electrons. The highest BCUT2D eigenvalue weighted by molar-refractivity contribution is 9.11. The summed E-state index contributed by atoms with van der Waals surface area (Å²) in [5, 5.41) is 4.15. The summed E-state index contributed by atoms with van der Waals surface area (Å²) < 4.78 is 12.7. The van der Waals surface area contributed by atoms with Gasteiger partial charge in [0.15, 0.2) is 0 Å². The van der Waals surface area contributed by atoms with Crippen LogP contribution in [0.4, 0.5) is 0 Å². The number of hydrogen-bond acceptors (Lipinski definition) is 3. The second kappa shape index (κ2) is 4.77. The summed E-state index contributed by atoms with van der Waals surface area (Å²) >= 11 is 7.01. The summed E-state index contributed by atoms with van der Waals surface area (Å²) in [6.07, 6.45) is 1.76. The third-order valence-electron chi connectivity index (χ3n) is 2.36. The van der Waals surface area contributed by atoms with Crippen LogP contribution in [-0.4, -0.2) is 14.2 Å². The number of methoxy groups -OCH3 is 1. The predicted octanol–water partition coefficient (Wildman–Crippen LogP) is 3.69. The van der Waals surface area contributed by atoms with Crippen LogP contribution in [0.5, 0.6) is 5.75 Å². The quantitative estimate of drug-likeness (QED) is 0.918. The smallest absolute Gasteiger partial charge is 0.149 e. The van der Waals surface area contributed by atoms with Crippen LogP contribution in [0.25, 0.3) is 11.0 Å². The maximum atomic E-state index is 5.54. The van der Waals surface area contributed by atoms with Crippen molar-refractivity contribution in [1.29, 1.82) is 0 Å². The molecule has 0 fully saturated rings. The average molecular weight is 349 g/mol. The molecular formula is C11H11Br2NO2. The number of ether oxygens (including phenoxy) is 1. The second-order valence-corrected chi connectivity index (χ2v) is 5.02. The van der Waals surface area contributed by atoms with Crippen molar-refractivity contribution in [3.63, 3.8) is 0 Å². The number of hydrogen-bond donors (Lipinski definition) is 1. The summed E-state index contributed by atoms with van der Waals surface area (Å²) in [5.41, 5.74) is 1.93. The van der Waals surface area contributed by atoms with E-state index in [1.807, 2.05) is 13.1 Å². The molecule has 0 atom stereocenters. The highest BCUT2D eigenvalue weighted by Gasteiger charge is 2.16. The first-order valence-electron chi connectivity index (χ1n) is 4.75. The minimum Gasteiger partial charge on any atom is -0.496 e. The van der Waals surface area contributed by atoms with Gasteiger partial charge in [-0.05, 0) is 45.0 Å². The van der Waals surface area contributed by atoms with Crippen LogP contribution in [0.3, 0.4) is 0 Å². The Balaban J connectivity index is 2.74. The highest BCUT2D eigenvalue weighted by atomic mass is 79.9. The largest absolute Gasteiger partial charge is 0.496 e. The zero-order valence-corrected chi connectivity index (χ0v) is 12.1. The molecule has 86 valence electrons. The van der Waals surface area contributed by atoms with Crippen molar-refractivity contribution in [3.8, 4) is 5.75 Å². The molecule has 0 aliphatic rings. The van der Waals surface area contributed by atoms with E-state index in [1.54, 1.807) is 13.4 Å². The van der Waals surface area contributed by atoms with Crippen LogP contribution < -0.4 is 10.1 Å². The van der Waals surface area contributed by atoms with Gasteiger partial charge in [0.25, 0.3) is 0 Å². The molecule has 0 saturated heterocycles. The highest BCUT2D eigenvalue weighted by Crippen LogP contribution is 2.40. The van der Waals surface area contributed by atoms with Gasteiger partial charge < -0.3 is 14.5 Å². The predicted molar refractivity (Wildman–Crippen MR) is 70.9 cm³/mol. The molecule has 1 N–H and O–H groups in total. The maximum absolute atomic E-state index is 5.54. The van der Waals surface area contributed by atoms with E-state index < -0.39 is 0 Å². The summed E-state index contributed by atoms with van der Waals surface area (Å²) in [5.74, 6) is 0.790. The van der Waals surface area contributed by atoms with E-state index in [0.717, 1.165) is 37.8 Å². The van der Waals surface area contributed by atoms with Crippen LogP contribution in [0.1, 0.15) is 5.56 Å². The van der Waals surface area contributed by atoms with Gasteiger partial charge in [-0.2, -0.15) is 0 Å². The fourth-order valence-corrected chi connectivity index (χ4v) is 2.86. The minimum absolute atomic E-state index is 0.755. The molecule has 2 aromatic rings. The van der Waals surface area contributed by atoms with Crippen molar-refractivity contribution >= 4 is 42.8 Å². The summed E-state index contributed by atoms with van der Waals surface area (Å²) in [6, 6.07) is 1.89. The van der Waals surface area contributed by atoms with Gasteiger partial charge in [-0.15, -0.1) is 0 Å². The zero-order chi connectivity index (χ0) is 11.7. The lowest BCUT2D eigenvalue weighted by Gasteiger charge is -2.06. The fourth-order valence-electron chi connectivity index (χ4n) is 1.65. The molecule has 0 spiro atoms. The van der Waals surface area contributed by atoms with Crippen molar-refractivity contribution in [2.24, 2.45) is 0 Å². The zero-order valence-electron chi connectivity index (χ0n) is 8.93. The molecular weight excluding hydrogens is 338 g/mol. The standard InChI is InChI=1S/C11H11Br2NO2/c1-14-4-6-5-16-11-7(12)3-8(15-2)10(13)9(6)11/h3,5,14H,4H2,1-2H3. The monoisotopic (exact) mass is 347 g/mol. The molecule has 0 saturated carbocycles. The number of rotatable bonds is 3. The topological polar surface area (TPSA) is 34.4 Å². The fraction of sp³-hybridized carbons (Fsp3) is 0.273. The minimum atomic E-state index is 0.755. The first-order valence-corrected chi connectivity index (χ1v) is 6.34.